The molecule has 1 rings (SSSR count). The van der Waals surface area contributed by atoms with Crippen molar-refractivity contribution in [1.29, 1.82) is 0 Å². The Labute approximate surface area is 138 Å². The minimum absolute atomic E-state index is 0.114. The topological polar surface area (TPSA) is 118 Å². The van der Waals surface area contributed by atoms with E-state index in [1.54, 1.807) is 7.05 Å². The molecule has 0 unspecified atom stereocenters. The van der Waals surface area contributed by atoms with Gasteiger partial charge in [-0.3, -0.25) is 0 Å². The largest absolute Gasteiger partial charge is 0.494 e. The van der Waals surface area contributed by atoms with E-state index in [2.05, 4.69) is 20.3 Å². The molecule has 0 bridgehead atoms. The van der Waals surface area contributed by atoms with Crippen molar-refractivity contribution < 1.29 is 13.2 Å². The molecule has 8 nitrogen and oxygen atoms in total. The zero-order chi connectivity index (χ0) is 17.7. The maximum Gasteiger partial charge on any atom is 0.320 e. The van der Waals surface area contributed by atoms with Gasteiger partial charge < -0.3 is 20.7 Å². The number of benzene rings is 1. The number of nitrogens with two attached hydrogens (primary N) is 1. The quantitative estimate of drug-likeness (QED) is 0.327. The number of hydrogen-bond donors (Lipinski definition) is 4. The van der Waals surface area contributed by atoms with Crippen LogP contribution in [0.25, 0.3) is 0 Å². The van der Waals surface area contributed by atoms with Gasteiger partial charge in [0.1, 0.15) is 5.75 Å². The molecule has 0 atom stereocenters. The molecule has 0 aliphatic carbocycles. The highest BCUT2D eigenvalue weighted by Crippen LogP contribution is 2.12. The Hall–Kier alpha value is -1.84. The summed E-state index contributed by atoms with van der Waals surface area (Å²) in [5.74, 6) is 0.931. The van der Waals surface area contributed by atoms with Crippen LogP contribution in [0.5, 0.6) is 5.75 Å². The Bertz CT molecular complexity index is 576. The summed E-state index contributed by atoms with van der Waals surface area (Å²) in [6.07, 6.45) is 0.694. The highest BCUT2D eigenvalue weighted by molar-refractivity contribution is 7.88. The van der Waals surface area contributed by atoms with Crippen LogP contribution >= 0.6 is 0 Å². The Kier molecular flexibility index (Phi) is 10.8. The predicted molar refractivity (Wildman–Crippen MR) is 93.9 cm³/mol. The molecule has 132 valence electrons. The maximum atomic E-state index is 10.8. The number of aryl methyl sites for hydroxylation is 1. The van der Waals surface area contributed by atoms with Gasteiger partial charge in [0.25, 0.3) is 0 Å². The van der Waals surface area contributed by atoms with Crippen molar-refractivity contribution in [2.24, 2.45) is 9.54 Å². The summed E-state index contributed by atoms with van der Waals surface area (Å²) in [6, 6.07) is 7.77. The summed E-state index contributed by atoms with van der Waals surface area (Å²) in [5, 5.41) is 13.0. The normalized spacial score (nSPS) is 11.3. The monoisotopic (exact) mass is 345 g/mol. The first-order valence-electron chi connectivity index (χ1n) is 7.14. The lowest BCUT2D eigenvalue weighted by Crippen LogP contribution is -2.37. The van der Waals surface area contributed by atoms with Gasteiger partial charge in [0.15, 0.2) is 0 Å². The Morgan fingerprint density at radius 3 is 2.48 bits per heavy atom. The number of hydrogen-bond acceptors (Lipinski definition) is 4. The van der Waals surface area contributed by atoms with Crippen LogP contribution in [0, 0.1) is 6.92 Å². The van der Waals surface area contributed by atoms with Crippen molar-refractivity contribution in [3.8, 4) is 5.75 Å². The SMILES string of the molecule is CNC.CNC(=NS(N)(=O)=O)NCCCOc1cccc(C)c1. The molecule has 23 heavy (non-hydrogen) atoms. The van der Waals surface area contributed by atoms with Gasteiger partial charge in [0, 0.05) is 13.6 Å². The van der Waals surface area contributed by atoms with E-state index in [1.165, 1.54) is 0 Å². The van der Waals surface area contributed by atoms with Crippen molar-refractivity contribution >= 4 is 16.2 Å². The predicted octanol–water partition coefficient (Wildman–Crippen LogP) is -0.0320. The van der Waals surface area contributed by atoms with Crippen LogP contribution in [-0.4, -0.2) is 48.7 Å². The smallest absolute Gasteiger partial charge is 0.320 e. The molecule has 1 aromatic rings. The standard InChI is InChI=1S/C12H20N4O3S.C2H7N/c1-10-5-3-6-11(9-10)19-8-4-7-15-12(14-2)16-20(13,17)18;1-3-2/h3,5-6,9H,4,7-8H2,1-2H3,(H2,13,17,18)(H2,14,15,16);3H,1-2H3. The fourth-order valence-corrected chi connectivity index (χ4v) is 1.88. The summed E-state index contributed by atoms with van der Waals surface area (Å²) in [6.45, 7) is 3.03. The lowest BCUT2D eigenvalue weighted by Gasteiger charge is -2.09. The average Bonchev–Trinajstić information content (AvgIpc) is 2.45. The van der Waals surface area contributed by atoms with Crippen LogP contribution in [0.4, 0.5) is 0 Å². The third kappa shape index (κ3) is 12.4. The molecule has 0 radical (unpaired) electrons. The minimum atomic E-state index is -3.89. The number of nitrogens with one attached hydrogen (secondary N) is 3. The second kappa shape index (κ2) is 11.7. The number of guanidine groups is 1. The lowest BCUT2D eigenvalue weighted by molar-refractivity contribution is 0.311. The van der Waals surface area contributed by atoms with Crippen LogP contribution in [0.2, 0.25) is 0 Å². The molecule has 0 saturated heterocycles. The van der Waals surface area contributed by atoms with Gasteiger partial charge in [0.05, 0.1) is 6.61 Å². The van der Waals surface area contributed by atoms with Crippen molar-refractivity contribution in [2.45, 2.75) is 13.3 Å². The van der Waals surface area contributed by atoms with E-state index in [0.717, 1.165) is 11.3 Å². The summed E-state index contributed by atoms with van der Waals surface area (Å²) in [7, 11) is 1.41. The van der Waals surface area contributed by atoms with Gasteiger partial charge in [-0.05, 0) is 45.1 Å². The molecule has 0 aliphatic heterocycles. The second-order valence-electron chi connectivity index (χ2n) is 4.65. The first-order valence-corrected chi connectivity index (χ1v) is 8.65. The molecule has 0 aliphatic rings. The van der Waals surface area contributed by atoms with Gasteiger partial charge in [-0.15, -0.1) is 4.40 Å². The first kappa shape index (κ1) is 21.2. The van der Waals surface area contributed by atoms with E-state index in [9.17, 15) is 8.42 Å². The summed E-state index contributed by atoms with van der Waals surface area (Å²) in [4.78, 5) is 0. The zero-order valence-electron chi connectivity index (χ0n) is 14.1. The Balaban J connectivity index is 0.00000149. The van der Waals surface area contributed by atoms with Crippen LogP contribution in [0.3, 0.4) is 0 Å². The van der Waals surface area contributed by atoms with Crippen LogP contribution in [0.1, 0.15) is 12.0 Å². The second-order valence-corrected chi connectivity index (χ2v) is 5.86. The zero-order valence-corrected chi connectivity index (χ0v) is 14.9. The van der Waals surface area contributed by atoms with Crippen molar-refractivity contribution in [3.63, 3.8) is 0 Å². The molecular formula is C14H27N5O3S. The van der Waals surface area contributed by atoms with Crippen molar-refractivity contribution in [2.75, 3.05) is 34.3 Å². The molecule has 0 amide bonds. The van der Waals surface area contributed by atoms with E-state index < -0.39 is 10.2 Å². The van der Waals surface area contributed by atoms with E-state index in [4.69, 9.17) is 9.88 Å². The van der Waals surface area contributed by atoms with Crippen molar-refractivity contribution in [3.05, 3.63) is 29.8 Å². The van der Waals surface area contributed by atoms with Gasteiger partial charge in [0.2, 0.25) is 5.96 Å². The van der Waals surface area contributed by atoms with Gasteiger partial charge >= 0.3 is 10.2 Å². The van der Waals surface area contributed by atoms with Crippen LogP contribution in [-0.2, 0) is 10.2 Å². The summed E-state index contributed by atoms with van der Waals surface area (Å²) < 4.78 is 30.4. The molecule has 0 heterocycles. The van der Waals surface area contributed by atoms with Gasteiger partial charge in [-0.25, -0.2) is 5.14 Å². The van der Waals surface area contributed by atoms with E-state index in [1.807, 2.05) is 45.3 Å². The Morgan fingerprint density at radius 2 is 1.96 bits per heavy atom. The molecule has 5 N–H and O–H groups in total. The van der Waals surface area contributed by atoms with E-state index in [0.29, 0.717) is 19.6 Å². The molecule has 9 heteroatoms. The Morgan fingerprint density at radius 1 is 1.30 bits per heavy atom. The summed E-state index contributed by atoms with van der Waals surface area (Å²) >= 11 is 0. The van der Waals surface area contributed by atoms with E-state index in [-0.39, 0.29) is 5.96 Å². The molecule has 1 aromatic carbocycles. The maximum absolute atomic E-state index is 10.8. The third-order valence-electron chi connectivity index (χ3n) is 2.33. The fourth-order valence-electron chi connectivity index (χ4n) is 1.47. The lowest BCUT2D eigenvalue weighted by atomic mass is 10.2. The minimum Gasteiger partial charge on any atom is -0.494 e. The van der Waals surface area contributed by atoms with Crippen molar-refractivity contribution in [1.82, 2.24) is 16.0 Å². The van der Waals surface area contributed by atoms with Crippen LogP contribution in [0.15, 0.2) is 28.7 Å². The molecular weight excluding hydrogens is 318 g/mol. The molecule has 0 spiro atoms. The van der Waals surface area contributed by atoms with Gasteiger partial charge in [-0.2, -0.15) is 8.42 Å². The molecule has 0 fully saturated rings. The number of ether oxygens (including phenoxy) is 1. The highest BCUT2D eigenvalue weighted by Gasteiger charge is 2.02. The number of rotatable bonds is 6. The van der Waals surface area contributed by atoms with Crippen LogP contribution < -0.4 is 25.8 Å². The average molecular weight is 345 g/mol. The molecule has 0 aromatic heterocycles. The molecule has 0 saturated carbocycles. The first-order chi connectivity index (χ1) is 10.8. The summed E-state index contributed by atoms with van der Waals surface area (Å²) in [5.41, 5.74) is 1.14. The van der Waals surface area contributed by atoms with E-state index >= 15 is 0 Å². The number of nitrogens with zero attached hydrogens (tertiary/aromatic N) is 1. The third-order valence-corrected chi connectivity index (χ3v) is 2.76. The highest BCUT2D eigenvalue weighted by atomic mass is 32.2. The van der Waals surface area contributed by atoms with Gasteiger partial charge in [-0.1, -0.05) is 12.1 Å². The fraction of sp³-hybridized carbons (Fsp3) is 0.500.